The van der Waals surface area contributed by atoms with Gasteiger partial charge < -0.3 is 9.64 Å². The van der Waals surface area contributed by atoms with E-state index >= 15 is 0 Å². The zero-order valence-electron chi connectivity index (χ0n) is 15.8. The number of esters is 1. The van der Waals surface area contributed by atoms with Gasteiger partial charge in [0.15, 0.2) is 5.69 Å². The molecule has 8 heteroatoms. The van der Waals surface area contributed by atoms with Crippen molar-refractivity contribution in [3.63, 3.8) is 0 Å². The van der Waals surface area contributed by atoms with Crippen molar-refractivity contribution in [2.24, 2.45) is 0 Å². The molecule has 0 saturated carbocycles. The molecule has 0 unspecified atom stereocenters. The van der Waals surface area contributed by atoms with Crippen LogP contribution in [0.25, 0.3) is 5.69 Å². The van der Waals surface area contributed by atoms with Crippen LogP contribution < -0.4 is 0 Å². The average Bonchev–Trinajstić information content (AvgIpc) is 3.13. The van der Waals surface area contributed by atoms with Gasteiger partial charge in [0.2, 0.25) is 0 Å². The van der Waals surface area contributed by atoms with Crippen LogP contribution in [-0.2, 0) is 17.7 Å². The fourth-order valence-electron chi connectivity index (χ4n) is 3.43. The second kappa shape index (κ2) is 8.05. The lowest BCUT2D eigenvalue weighted by molar-refractivity contribution is 0.0513. The summed E-state index contributed by atoms with van der Waals surface area (Å²) < 4.78 is 6.94. The van der Waals surface area contributed by atoms with Crippen molar-refractivity contribution in [2.75, 3.05) is 13.2 Å². The van der Waals surface area contributed by atoms with Crippen molar-refractivity contribution in [3.05, 3.63) is 76.3 Å². The summed E-state index contributed by atoms with van der Waals surface area (Å²) in [4.78, 5) is 31.1. The monoisotopic (exact) mass is 410 g/mol. The van der Waals surface area contributed by atoms with Crippen LogP contribution in [0.1, 0.15) is 39.0 Å². The molecule has 1 aromatic carbocycles. The van der Waals surface area contributed by atoms with Gasteiger partial charge in [0.25, 0.3) is 5.91 Å². The molecule has 1 aliphatic heterocycles. The van der Waals surface area contributed by atoms with E-state index in [1.165, 1.54) is 0 Å². The van der Waals surface area contributed by atoms with E-state index in [0.717, 1.165) is 11.4 Å². The smallest absolute Gasteiger partial charge is 0.359 e. The van der Waals surface area contributed by atoms with Crippen molar-refractivity contribution >= 4 is 23.5 Å². The number of amides is 1. The highest BCUT2D eigenvalue weighted by molar-refractivity contribution is 6.30. The van der Waals surface area contributed by atoms with E-state index in [1.54, 1.807) is 53.2 Å². The molecular formula is C21H19ClN4O3. The molecule has 29 heavy (non-hydrogen) atoms. The van der Waals surface area contributed by atoms with Gasteiger partial charge in [-0.3, -0.25) is 9.78 Å². The highest BCUT2D eigenvalue weighted by Gasteiger charge is 2.31. The summed E-state index contributed by atoms with van der Waals surface area (Å²) in [7, 11) is 0. The summed E-state index contributed by atoms with van der Waals surface area (Å²) in [5.74, 6) is -0.596. The lowest BCUT2D eigenvalue weighted by Gasteiger charge is -2.28. The maximum absolute atomic E-state index is 12.9. The van der Waals surface area contributed by atoms with Gasteiger partial charge in [-0.05, 0) is 43.3 Å². The summed E-state index contributed by atoms with van der Waals surface area (Å²) in [5, 5.41) is 5.15. The van der Waals surface area contributed by atoms with Crippen molar-refractivity contribution < 1.29 is 14.3 Å². The Balaban J connectivity index is 1.72. The molecule has 0 fully saturated rings. The molecule has 4 rings (SSSR count). The number of hydrogen-bond acceptors (Lipinski definition) is 5. The normalized spacial score (nSPS) is 13.1. The predicted molar refractivity (Wildman–Crippen MR) is 107 cm³/mol. The lowest BCUT2D eigenvalue weighted by Crippen LogP contribution is -2.36. The third kappa shape index (κ3) is 3.73. The van der Waals surface area contributed by atoms with Crippen LogP contribution in [0.5, 0.6) is 0 Å². The number of benzene rings is 1. The SMILES string of the molecule is CCOC(=O)c1nn(-c2ccc(Cl)cc2)c2c1CN(C(=O)c1ccncc1)CC2. The van der Waals surface area contributed by atoms with E-state index in [1.807, 2.05) is 12.1 Å². The summed E-state index contributed by atoms with van der Waals surface area (Å²) in [5.41, 5.74) is 3.21. The Bertz CT molecular complexity index is 1050. The van der Waals surface area contributed by atoms with Gasteiger partial charge >= 0.3 is 5.97 Å². The Hall–Kier alpha value is -3.19. The van der Waals surface area contributed by atoms with Gasteiger partial charge in [-0.25, -0.2) is 9.48 Å². The zero-order chi connectivity index (χ0) is 20.4. The molecule has 7 nitrogen and oxygen atoms in total. The van der Waals surface area contributed by atoms with Crippen LogP contribution in [0.4, 0.5) is 0 Å². The fraction of sp³-hybridized carbons (Fsp3) is 0.238. The predicted octanol–water partition coefficient (Wildman–Crippen LogP) is 3.30. The maximum Gasteiger partial charge on any atom is 0.359 e. The highest BCUT2D eigenvalue weighted by Crippen LogP contribution is 2.27. The highest BCUT2D eigenvalue weighted by atomic mass is 35.5. The van der Waals surface area contributed by atoms with Gasteiger partial charge in [0.05, 0.1) is 24.5 Å². The number of hydrogen-bond donors (Lipinski definition) is 0. The molecule has 148 valence electrons. The summed E-state index contributed by atoms with van der Waals surface area (Å²) >= 11 is 6.00. The number of carbonyl (C=O) groups excluding carboxylic acids is 2. The van der Waals surface area contributed by atoms with E-state index in [4.69, 9.17) is 16.3 Å². The third-order valence-electron chi connectivity index (χ3n) is 4.81. The Morgan fingerprint density at radius 2 is 1.86 bits per heavy atom. The second-order valence-corrected chi connectivity index (χ2v) is 7.03. The van der Waals surface area contributed by atoms with Crippen LogP contribution in [0, 0.1) is 0 Å². The molecule has 2 aromatic heterocycles. The molecule has 3 aromatic rings. The standard InChI is InChI=1S/C21H19ClN4O3/c1-2-29-21(28)19-17-13-25(20(27)14-7-10-23-11-8-14)12-9-18(17)26(24-19)16-5-3-15(22)4-6-16/h3-8,10-11H,2,9,12-13H2,1H3. The Labute approximate surface area is 172 Å². The number of nitrogens with zero attached hydrogens (tertiary/aromatic N) is 4. The number of carbonyl (C=O) groups is 2. The molecule has 1 amide bonds. The van der Waals surface area contributed by atoms with Gasteiger partial charge in [-0.2, -0.15) is 5.10 Å². The van der Waals surface area contributed by atoms with Crippen molar-refractivity contribution in [1.82, 2.24) is 19.7 Å². The van der Waals surface area contributed by atoms with E-state index < -0.39 is 5.97 Å². The molecule has 3 heterocycles. The minimum Gasteiger partial charge on any atom is -0.461 e. The summed E-state index contributed by atoms with van der Waals surface area (Å²) in [6.45, 7) is 2.81. The first-order valence-corrected chi connectivity index (χ1v) is 9.69. The van der Waals surface area contributed by atoms with Crippen LogP contribution in [0.15, 0.2) is 48.8 Å². The zero-order valence-corrected chi connectivity index (χ0v) is 16.6. The number of pyridine rings is 1. The van der Waals surface area contributed by atoms with Gasteiger partial charge in [0.1, 0.15) is 0 Å². The molecule has 0 atom stereocenters. The Morgan fingerprint density at radius 1 is 1.14 bits per heavy atom. The minimum atomic E-state index is -0.491. The second-order valence-electron chi connectivity index (χ2n) is 6.60. The minimum absolute atomic E-state index is 0.105. The van der Waals surface area contributed by atoms with Crippen LogP contribution in [-0.4, -0.2) is 44.7 Å². The first-order chi connectivity index (χ1) is 14.1. The molecule has 0 bridgehead atoms. The summed E-state index contributed by atoms with van der Waals surface area (Å²) in [6, 6.07) is 10.6. The Kier molecular flexibility index (Phi) is 5.31. The van der Waals surface area contributed by atoms with E-state index in [-0.39, 0.29) is 24.8 Å². The summed E-state index contributed by atoms with van der Waals surface area (Å²) in [6.07, 6.45) is 3.75. The first-order valence-electron chi connectivity index (χ1n) is 9.31. The van der Waals surface area contributed by atoms with E-state index in [0.29, 0.717) is 29.1 Å². The molecule has 0 aliphatic carbocycles. The lowest BCUT2D eigenvalue weighted by atomic mass is 10.0. The van der Waals surface area contributed by atoms with Crippen molar-refractivity contribution in [2.45, 2.75) is 19.9 Å². The van der Waals surface area contributed by atoms with Gasteiger partial charge in [-0.15, -0.1) is 0 Å². The molecule has 0 spiro atoms. The molecule has 0 saturated heterocycles. The topological polar surface area (TPSA) is 77.3 Å². The number of rotatable bonds is 4. The average molecular weight is 411 g/mol. The maximum atomic E-state index is 12.9. The molecule has 0 N–H and O–H groups in total. The largest absolute Gasteiger partial charge is 0.461 e. The first kappa shape index (κ1) is 19.1. The fourth-order valence-corrected chi connectivity index (χ4v) is 3.55. The van der Waals surface area contributed by atoms with Gasteiger partial charge in [-0.1, -0.05) is 11.6 Å². The van der Waals surface area contributed by atoms with Crippen LogP contribution in [0.2, 0.25) is 5.02 Å². The van der Waals surface area contributed by atoms with Crippen LogP contribution in [0.3, 0.4) is 0 Å². The molecule has 0 radical (unpaired) electrons. The number of halogens is 1. The molecule has 1 aliphatic rings. The number of ether oxygens (including phenoxy) is 1. The van der Waals surface area contributed by atoms with Crippen LogP contribution >= 0.6 is 11.6 Å². The van der Waals surface area contributed by atoms with Crippen molar-refractivity contribution in [3.8, 4) is 5.69 Å². The molecular weight excluding hydrogens is 392 g/mol. The Morgan fingerprint density at radius 3 is 2.55 bits per heavy atom. The van der Waals surface area contributed by atoms with E-state index in [9.17, 15) is 9.59 Å². The van der Waals surface area contributed by atoms with E-state index in [2.05, 4.69) is 10.1 Å². The van der Waals surface area contributed by atoms with Gasteiger partial charge in [0, 0.05) is 41.5 Å². The quantitative estimate of drug-likeness (QED) is 0.617. The number of fused-ring (bicyclic) bond motifs is 1. The number of aromatic nitrogens is 3. The third-order valence-corrected chi connectivity index (χ3v) is 5.06. The van der Waals surface area contributed by atoms with Crippen molar-refractivity contribution in [1.29, 1.82) is 0 Å².